The number of oxime groups is 1. The number of hydrogen-bond donors (Lipinski definition) is 3. The highest BCUT2D eigenvalue weighted by atomic mass is 16.4. The summed E-state index contributed by atoms with van der Waals surface area (Å²) >= 11 is 0. The summed E-state index contributed by atoms with van der Waals surface area (Å²) in [4.78, 5) is 4.12. The van der Waals surface area contributed by atoms with Crippen molar-refractivity contribution in [1.29, 1.82) is 0 Å². The molecule has 0 atom stereocenters. The van der Waals surface area contributed by atoms with Crippen LogP contribution in [0.25, 0.3) is 0 Å². The minimum atomic E-state index is 0.0505. The number of amidine groups is 1. The fourth-order valence-corrected chi connectivity index (χ4v) is 1.72. The van der Waals surface area contributed by atoms with Gasteiger partial charge < -0.3 is 16.3 Å². The first-order valence-corrected chi connectivity index (χ1v) is 6.27. The van der Waals surface area contributed by atoms with E-state index in [0.29, 0.717) is 12.2 Å². The van der Waals surface area contributed by atoms with Crippen LogP contribution in [0.2, 0.25) is 0 Å². The summed E-state index contributed by atoms with van der Waals surface area (Å²) in [7, 11) is 0. The van der Waals surface area contributed by atoms with Gasteiger partial charge in [0.25, 0.3) is 0 Å². The van der Waals surface area contributed by atoms with Gasteiger partial charge in [0, 0.05) is 12.7 Å². The van der Waals surface area contributed by atoms with Gasteiger partial charge in [-0.25, -0.2) is 0 Å². The third-order valence-electron chi connectivity index (χ3n) is 2.69. The largest absolute Gasteiger partial charge is 0.409 e. The van der Waals surface area contributed by atoms with E-state index < -0.39 is 0 Å². The Hall–Kier alpha value is -1.62. The summed E-state index contributed by atoms with van der Waals surface area (Å²) in [6.07, 6.45) is 4.00. The Bertz CT molecular complexity index is 390. The van der Waals surface area contributed by atoms with Crippen LogP contribution in [0, 0.1) is 5.92 Å². The normalized spacial score (nSPS) is 12.1. The number of pyridine rings is 1. The van der Waals surface area contributed by atoms with E-state index in [1.54, 1.807) is 6.20 Å². The molecule has 5 nitrogen and oxygen atoms in total. The molecule has 0 aromatic carbocycles. The van der Waals surface area contributed by atoms with Crippen molar-refractivity contribution in [2.24, 2.45) is 16.8 Å². The van der Waals surface area contributed by atoms with Crippen LogP contribution < -0.4 is 11.1 Å². The Morgan fingerprint density at radius 1 is 1.56 bits per heavy atom. The quantitative estimate of drug-likeness (QED) is 0.226. The molecule has 0 unspecified atom stereocenters. The smallest absolute Gasteiger partial charge is 0.189 e. The van der Waals surface area contributed by atoms with E-state index >= 15 is 0 Å². The summed E-state index contributed by atoms with van der Waals surface area (Å²) < 4.78 is 0. The first-order valence-electron chi connectivity index (χ1n) is 6.27. The topological polar surface area (TPSA) is 83.5 Å². The molecule has 0 amide bonds. The second kappa shape index (κ2) is 7.66. The molecular formula is C13H22N4O. The average Bonchev–Trinajstić information content (AvgIpc) is 2.37. The van der Waals surface area contributed by atoms with Crippen LogP contribution in [0.15, 0.2) is 23.5 Å². The molecule has 0 bridgehead atoms. The summed E-state index contributed by atoms with van der Waals surface area (Å²) in [5.74, 6) is 0.785. The number of aromatic nitrogens is 1. The van der Waals surface area contributed by atoms with E-state index in [0.717, 1.165) is 24.4 Å². The lowest BCUT2D eigenvalue weighted by Gasteiger charge is -2.09. The first kappa shape index (κ1) is 14.4. The summed E-state index contributed by atoms with van der Waals surface area (Å²) in [6.45, 7) is 6.08. The second-order valence-corrected chi connectivity index (χ2v) is 4.71. The predicted molar refractivity (Wildman–Crippen MR) is 72.5 cm³/mol. The number of nitrogens with one attached hydrogen (secondary N) is 1. The van der Waals surface area contributed by atoms with Crippen LogP contribution in [-0.4, -0.2) is 22.6 Å². The Labute approximate surface area is 108 Å². The van der Waals surface area contributed by atoms with Gasteiger partial charge in [-0.15, -0.1) is 0 Å². The number of hydrogen-bond acceptors (Lipinski definition) is 4. The van der Waals surface area contributed by atoms with Crippen LogP contribution in [0.3, 0.4) is 0 Å². The van der Waals surface area contributed by atoms with Gasteiger partial charge in [0.2, 0.25) is 0 Å². The van der Waals surface area contributed by atoms with Crippen LogP contribution >= 0.6 is 0 Å². The molecule has 0 fully saturated rings. The van der Waals surface area contributed by atoms with E-state index in [4.69, 9.17) is 10.9 Å². The van der Waals surface area contributed by atoms with Crippen molar-refractivity contribution >= 4 is 5.84 Å². The maximum absolute atomic E-state index is 8.69. The van der Waals surface area contributed by atoms with Gasteiger partial charge in [-0.1, -0.05) is 25.1 Å². The monoisotopic (exact) mass is 250 g/mol. The molecule has 18 heavy (non-hydrogen) atoms. The summed E-state index contributed by atoms with van der Waals surface area (Å²) in [5, 5.41) is 15.0. The van der Waals surface area contributed by atoms with Crippen molar-refractivity contribution in [3.05, 3.63) is 29.6 Å². The maximum atomic E-state index is 8.69. The molecule has 1 rings (SSSR count). The van der Waals surface area contributed by atoms with Crippen molar-refractivity contribution in [2.45, 2.75) is 33.2 Å². The lowest BCUT2D eigenvalue weighted by Crippen LogP contribution is -2.22. The van der Waals surface area contributed by atoms with Crippen LogP contribution in [0.1, 0.15) is 37.9 Å². The van der Waals surface area contributed by atoms with E-state index in [1.807, 2.05) is 12.1 Å². The predicted octanol–water partition coefficient (Wildman–Crippen LogP) is 1.70. The van der Waals surface area contributed by atoms with Crippen LogP contribution in [0.5, 0.6) is 0 Å². The minimum Gasteiger partial charge on any atom is -0.409 e. The van der Waals surface area contributed by atoms with Gasteiger partial charge in [-0.3, -0.25) is 4.98 Å². The Balaban J connectivity index is 2.47. The highest BCUT2D eigenvalue weighted by Crippen LogP contribution is 2.06. The number of rotatable bonds is 7. The molecule has 0 saturated heterocycles. The van der Waals surface area contributed by atoms with E-state index in [9.17, 15) is 0 Å². The van der Waals surface area contributed by atoms with Crippen LogP contribution in [0.4, 0.5) is 0 Å². The van der Waals surface area contributed by atoms with Gasteiger partial charge in [-0.05, 0) is 36.9 Å². The van der Waals surface area contributed by atoms with Crippen molar-refractivity contribution < 1.29 is 5.21 Å². The molecule has 0 spiro atoms. The Kier molecular flexibility index (Phi) is 6.14. The fourth-order valence-electron chi connectivity index (χ4n) is 1.72. The molecule has 0 radical (unpaired) electrons. The standard InChI is InChI=1S/C13H22N4O/c1-10(2)5-3-7-15-9-11-6-4-8-16-12(11)13(14)17-18/h4,6,8,10,15,18H,3,5,7,9H2,1-2H3,(H2,14,17). The minimum absolute atomic E-state index is 0.0505. The number of nitrogens with two attached hydrogens (primary N) is 1. The number of nitrogens with zero attached hydrogens (tertiary/aromatic N) is 2. The van der Waals surface area contributed by atoms with E-state index in [-0.39, 0.29) is 5.84 Å². The third-order valence-corrected chi connectivity index (χ3v) is 2.69. The van der Waals surface area contributed by atoms with Crippen LogP contribution in [-0.2, 0) is 6.54 Å². The first-order chi connectivity index (χ1) is 8.65. The Morgan fingerprint density at radius 3 is 3.00 bits per heavy atom. The second-order valence-electron chi connectivity index (χ2n) is 4.71. The summed E-state index contributed by atoms with van der Waals surface area (Å²) in [5.41, 5.74) is 7.06. The highest BCUT2D eigenvalue weighted by Gasteiger charge is 2.07. The lowest BCUT2D eigenvalue weighted by molar-refractivity contribution is 0.318. The van der Waals surface area contributed by atoms with Gasteiger partial charge in [0.1, 0.15) is 5.69 Å². The zero-order chi connectivity index (χ0) is 13.4. The molecule has 0 saturated carbocycles. The highest BCUT2D eigenvalue weighted by molar-refractivity contribution is 5.96. The molecule has 0 aliphatic carbocycles. The maximum Gasteiger partial charge on any atom is 0.189 e. The van der Waals surface area contributed by atoms with Crippen molar-refractivity contribution in [3.8, 4) is 0 Å². The molecule has 0 aliphatic rings. The average molecular weight is 250 g/mol. The van der Waals surface area contributed by atoms with E-state index in [1.165, 1.54) is 6.42 Å². The molecule has 1 aromatic rings. The van der Waals surface area contributed by atoms with Gasteiger partial charge >= 0.3 is 0 Å². The van der Waals surface area contributed by atoms with Crippen molar-refractivity contribution in [1.82, 2.24) is 10.3 Å². The zero-order valence-electron chi connectivity index (χ0n) is 11.1. The molecule has 1 heterocycles. The van der Waals surface area contributed by atoms with Crippen molar-refractivity contribution in [2.75, 3.05) is 6.54 Å². The van der Waals surface area contributed by atoms with Crippen molar-refractivity contribution in [3.63, 3.8) is 0 Å². The van der Waals surface area contributed by atoms with Gasteiger partial charge in [0.15, 0.2) is 5.84 Å². The molecular weight excluding hydrogens is 228 g/mol. The lowest BCUT2D eigenvalue weighted by atomic mass is 10.1. The van der Waals surface area contributed by atoms with Gasteiger partial charge in [0.05, 0.1) is 0 Å². The molecule has 4 N–H and O–H groups in total. The molecule has 0 aliphatic heterocycles. The molecule has 100 valence electrons. The third kappa shape index (κ3) is 4.71. The summed E-state index contributed by atoms with van der Waals surface area (Å²) in [6, 6.07) is 3.77. The fraction of sp³-hybridized carbons (Fsp3) is 0.538. The molecule has 1 aromatic heterocycles. The van der Waals surface area contributed by atoms with E-state index in [2.05, 4.69) is 29.3 Å². The van der Waals surface area contributed by atoms with Gasteiger partial charge in [-0.2, -0.15) is 0 Å². The SMILES string of the molecule is CC(C)CCCNCc1cccnc1C(N)=NO. The zero-order valence-corrected chi connectivity index (χ0v) is 11.1. The molecule has 5 heteroatoms. The Morgan fingerprint density at radius 2 is 2.33 bits per heavy atom.